The fraction of sp³-hybridized carbons (Fsp3) is 0.318. The minimum atomic E-state index is -4.65. The van der Waals surface area contributed by atoms with Gasteiger partial charge in [-0.15, -0.1) is 0 Å². The number of hydrogen-bond acceptors (Lipinski definition) is 10. The van der Waals surface area contributed by atoms with Crippen molar-refractivity contribution in [1.82, 2.24) is 0 Å². The number of aromatic hydroxyl groups is 1. The van der Waals surface area contributed by atoms with Crippen LogP contribution < -0.4 is 4.74 Å². The molecule has 10 nitrogen and oxygen atoms in total. The molecule has 2 bridgehead atoms. The molecule has 13 heteroatoms. The normalized spacial score (nSPS) is 28.6. The van der Waals surface area contributed by atoms with Gasteiger partial charge in [-0.3, -0.25) is 9.59 Å². The van der Waals surface area contributed by atoms with Crippen LogP contribution in [0.1, 0.15) is 16.8 Å². The summed E-state index contributed by atoms with van der Waals surface area (Å²) >= 11 is 3.80. The van der Waals surface area contributed by atoms with Crippen LogP contribution in [0.25, 0.3) is 0 Å². The van der Waals surface area contributed by atoms with E-state index in [1.54, 1.807) is 12.1 Å². The first kappa shape index (κ1) is 24.7. The third-order valence-corrected chi connectivity index (χ3v) is 9.29. The van der Waals surface area contributed by atoms with Crippen molar-refractivity contribution in [3.63, 3.8) is 0 Å². The molecular formula is C22H15I2O10S-. The number of halogens is 2. The Kier molecular flexibility index (Phi) is 6.24. The SMILES string of the molecule is O=C(OC1C2CC3C1OC(=O)C3C2C(=O)Oc1ccc(S(=O)(=O)[O-])cc1)c1c(I)ccc(I)c1O. The van der Waals surface area contributed by atoms with Crippen molar-refractivity contribution in [2.24, 2.45) is 23.7 Å². The van der Waals surface area contributed by atoms with Crippen LogP contribution in [-0.4, -0.2) is 48.2 Å². The van der Waals surface area contributed by atoms with Gasteiger partial charge in [0.25, 0.3) is 0 Å². The summed E-state index contributed by atoms with van der Waals surface area (Å²) in [5.41, 5.74) is -0.00584. The average molecular weight is 725 g/mol. The Morgan fingerprint density at radius 3 is 2.37 bits per heavy atom. The van der Waals surface area contributed by atoms with E-state index in [1.807, 2.05) is 45.2 Å². The predicted octanol–water partition coefficient (Wildman–Crippen LogP) is 2.44. The van der Waals surface area contributed by atoms with E-state index < -0.39 is 62.9 Å². The van der Waals surface area contributed by atoms with Gasteiger partial charge in [-0.05, 0) is 88.0 Å². The summed E-state index contributed by atoms with van der Waals surface area (Å²) in [6, 6.07) is 7.70. The van der Waals surface area contributed by atoms with Crippen molar-refractivity contribution in [2.45, 2.75) is 23.5 Å². The molecule has 1 heterocycles. The maximum atomic E-state index is 13.1. The number of phenolic OH excluding ortho intramolecular Hbond substituents is 1. The summed E-state index contributed by atoms with van der Waals surface area (Å²) in [6.45, 7) is 0. The molecule has 1 saturated heterocycles. The third kappa shape index (κ3) is 4.19. The molecule has 0 radical (unpaired) electrons. The van der Waals surface area contributed by atoms with Crippen molar-refractivity contribution < 1.29 is 46.7 Å². The first-order chi connectivity index (χ1) is 16.5. The molecule has 2 aliphatic carbocycles. The summed E-state index contributed by atoms with van der Waals surface area (Å²) in [5, 5.41) is 10.4. The molecule has 2 aromatic rings. The molecule has 35 heavy (non-hydrogen) atoms. The molecular weight excluding hydrogens is 710 g/mol. The van der Waals surface area contributed by atoms with Gasteiger partial charge in [0, 0.05) is 15.4 Å². The molecule has 2 aromatic carbocycles. The van der Waals surface area contributed by atoms with Crippen LogP contribution in [0.3, 0.4) is 0 Å². The minimum absolute atomic E-state index is 0.0000284. The van der Waals surface area contributed by atoms with Crippen LogP contribution in [0, 0.1) is 30.8 Å². The molecule has 2 saturated carbocycles. The largest absolute Gasteiger partial charge is 0.744 e. The first-order valence-corrected chi connectivity index (χ1v) is 13.9. The number of phenols is 1. The van der Waals surface area contributed by atoms with Gasteiger partial charge in [0.05, 0.1) is 20.3 Å². The second-order valence-electron chi connectivity index (χ2n) is 8.49. The predicted molar refractivity (Wildman–Crippen MR) is 131 cm³/mol. The molecule has 3 aliphatic rings. The monoisotopic (exact) mass is 725 g/mol. The number of hydrogen-bond donors (Lipinski definition) is 1. The van der Waals surface area contributed by atoms with E-state index in [0.29, 0.717) is 13.6 Å². The van der Waals surface area contributed by atoms with Crippen molar-refractivity contribution in [3.8, 4) is 11.5 Å². The second-order valence-corrected chi connectivity index (χ2v) is 12.2. The van der Waals surface area contributed by atoms with Gasteiger partial charge in [-0.25, -0.2) is 13.2 Å². The van der Waals surface area contributed by atoms with Crippen LogP contribution in [0.4, 0.5) is 0 Å². The number of fused-ring (bicyclic) bond motifs is 1. The Labute approximate surface area is 226 Å². The van der Waals surface area contributed by atoms with Crippen molar-refractivity contribution >= 4 is 73.2 Å². The van der Waals surface area contributed by atoms with Gasteiger partial charge in [-0.2, -0.15) is 0 Å². The zero-order valence-corrected chi connectivity index (χ0v) is 22.6. The highest BCUT2D eigenvalue weighted by molar-refractivity contribution is 14.1. The quantitative estimate of drug-likeness (QED) is 0.210. The minimum Gasteiger partial charge on any atom is -0.744 e. The van der Waals surface area contributed by atoms with Crippen LogP contribution in [0.15, 0.2) is 41.3 Å². The highest BCUT2D eigenvalue weighted by atomic mass is 127. The van der Waals surface area contributed by atoms with Crippen LogP contribution in [0.2, 0.25) is 0 Å². The van der Waals surface area contributed by atoms with E-state index in [1.165, 1.54) is 12.1 Å². The Morgan fingerprint density at radius 2 is 1.71 bits per heavy atom. The zero-order chi connectivity index (χ0) is 25.2. The summed E-state index contributed by atoms with van der Waals surface area (Å²) < 4.78 is 50.8. The Morgan fingerprint density at radius 1 is 1.06 bits per heavy atom. The number of rotatable bonds is 5. The number of carbonyl (C=O) groups excluding carboxylic acids is 3. The van der Waals surface area contributed by atoms with E-state index in [-0.39, 0.29) is 23.0 Å². The first-order valence-electron chi connectivity index (χ1n) is 10.3. The molecule has 0 aromatic heterocycles. The fourth-order valence-corrected chi connectivity index (χ4v) is 6.82. The third-order valence-electron chi connectivity index (χ3n) is 6.67. The molecule has 6 unspecified atom stereocenters. The Bertz CT molecular complexity index is 1360. The molecule has 0 amide bonds. The van der Waals surface area contributed by atoms with Crippen LogP contribution in [0.5, 0.6) is 11.5 Å². The molecule has 1 aliphatic heterocycles. The van der Waals surface area contributed by atoms with E-state index in [2.05, 4.69) is 0 Å². The molecule has 1 N–H and O–H groups in total. The number of ether oxygens (including phenoxy) is 3. The molecule has 184 valence electrons. The summed E-state index contributed by atoms with van der Waals surface area (Å²) in [4.78, 5) is 38.2. The lowest BCUT2D eigenvalue weighted by Gasteiger charge is -2.30. The van der Waals surface area contributed by atoms with Gasteiger partial charge in [0.2, 0.25) is 0 Å². The maximum Gasteiger partial charge on any atom is 0.343 e. The summed E-state index contributed by atoms with van der Waals surface area (Å²) in [6.07, 6.45) is -1.16. The van der Waals surface area contributed by atoms with Crippen molar-refractivity contribution in [1.29, 1.82) is 0 Å². The summed E-state index contributed by atoms with van der Waals surface area (Å²) in [5.74, 6) is -4.85. The van der Waals surface area contributed by atoms with Crippen molar-refractivity contribution in [3.05, 3.63) is 49.1 Å². The number of benzene rings is 2. The average Bonchev–Trinajstić information content (AvgIpc) is 3.40. The Hall–Kier alpha value is -1.98. The fourth-order valence-electron chi connectivity index (χ4n) is 5.25. The van der Waals surface area contributed by atoms with Gasteiger partial charge in [0.15, 0.2) is 0 Å². The van der Waals surface area contributed by atoms with Gasteiger partial charge in [0.1, 0.15) is 39.4 Å². The van der Waals surface area contributed by atoms with Gasteiger partial charge in [-0.1, -0.05) is 0 Å². The molecule has 3 fully saturated rings. The van der Waals surface area contributed by atoms with Crippen molar-refractivity contribution in [2.75, 3.05) is 0 Å². The number of esters is 3. The Balaban J connectivity index is 1.38. The maximum absolute atomic E-state index is 13.1. The highest BCUT2D eigenvalue weighted by Crippen LogP contribution is 2.59. The zero-order valence-electron chi connectivity index (χ0n) is 17.4. The summed E-state index contributed by atoms with van der Waals surface area (Å²) in [7, 11) is -4.65. The number of carbonyl (C=O) groups is 3. The van der Waals surface area contributed by atoms with E-state index in [9.17, 15) is 32.5 Å². The highest BCUT2D eigenvalue weighted by Gasteiger charge is 2.70. The van der Waals surface area contributed by atoms with E-state index in [0.717, 1.165) is 12.1 Å². The molecule has 5 rings (SSSR count). The van der Waals surface area contributed by atoms with Gasteiger partial charge >= 0.3 is 17.9 Å². The molecule has 6 atom stereocenters. The standard InChI is InChI=1S/C22H16I2O10S/c23-12-5-6-13(24)17(25)16(12)22(28)34-19-10-7-11-15(21(27)33-18(11)19)14(10)20(26)32-8-1-3-9(4-2-8)35(29,30)31/h1-6,10-11,14-15,18-19,25H,7H2,(H,29,30,31)/p-1. The molecule has 0 spiro atoms. The van der Waals surface area contributed by atoms with Crippen LogP contribution >= 0.6 is 45.2 Å². The van der Waals surface area contributed by atoms with Gasteiger partial charge < -0.3 is 23.9 Å². The lowest BCUT2D eigenvalue weighted by atomic mass is 9.78. The smallest absolute Gasteiger partial charge is 0.343 e. The second kappa shape index (κ2) is 8.85. The van der Waals surface area contributed by atoms with E-state index in [4.69, 9.17) is 14.2 Å². The van der Waals surface area contributed by atoms with E-state index >= 15 is 0 Å². The topological polar surface area (TPSA) is 156 Å². The lowest BCUT2D eigenvalue weighted by Crippen LogP contribution is -2.44. The van der Waals surface area contributed by atoms with Crippen LogP contribution in [-0.2, 0) is 29.2 Å². The lowest BCUT2D eigenvalue weighted by molar-refractivity contribution is -0.149.